The molecule has 0 radical (unpaired) electrons. The molecular weight excluding hydrogens is 373 g/mol. The Hall–Kier alpha value is 5.50. The zero-order valence-electron chi connectivity index (χ0n) is 4.86. The van der Waals surface area contributed by atoms with Gasteiger partial charge in [-0.15, -0.1) is 0 Å². The van der Waals surface area contributed by atoms with Gasteiger partial charge in [-0.3, -0.25) is 0 Å². The quantitative estimate of drug-likeness (QED) is 0.452. The predicted octanol–water partition coefficient (Wildman–Crippen LogP) is 2.29. The molecule has 0 N–H and O–H groups in total. The second-order valence-corrected chi connectivity index (χ2v) is 0. The summed E-state index contributed by atoms with van der Waals surface area (Å²) in [6.07, 6.45) is 0. The Balaban J connectivity index is 0. The number of hydrogen-bond donors (Lipinski definition) is 0. The van der Waals surface area contributed by atoms with Crippen LogP contribution in [0, 0.1) is 0 Å². The van der Waals surface area contributed by atoms with E-state index in [4.69, 9.17) is 0 Å². The smallest absolute Gasteiger partial charge is 2.00 e. The first-order valence-electron chi connectivity index (χ1n) is 0. The van der Waals surface area contributed by atoms with Crippen LogP contribution in [0.5, 0.6) is 0 Å². The molecule has 0 rings (SSSR count). The summed E-state index contributed by atoms with van der Waals surface area (Å²) in [5.41, 5.74) is 0. The van der Waals surface area contributed by atoms with Gasteiger partial charge in [-0.05, 0) is 0 Å². The van der Waals surface area contributed by atoms with Gasteiger partial charge in [-0.1, -0.05) is 0 Å². The molecule has 0 bridgehead atoms. The minimum absolute atomic E-state index is 0. The number of rotatable bonds is 0. The molecule has 0 atom stereocenters. The van der Waals surface area contributed by atoms with Gasteiger partial charge >= 0.3 is 119 Å². The third-order valence-corrected chi connectivity index (χ3v) is 0. The standard InChI is InChI=1S/3Mg.3Ni.4P/q6*+2;4*-3. The topological polar surface area (TPSA) is 0 Å². The van der Waals surface area contributed by atoms with Crippen LogP contribution in [-0.4, -0.2) is 69.2 Å². The van der Waals surface area contributed by atoms with E-state index in [1.54, 1.807) is 0 Å². The fraction of sp³-hybridized carbons (Fsp3) is 0. The Morgan fingerprint density at radius 2 is 0.300 bits per heavy atom. The summed E-state index contributed by atoms with van der Waals surface area (Å²) in [4.78, 5) is 0. The van der Waals surface area contributed by atoms with Crippen molar-refractivity contribution in [1.82, 2.24) is 0 Å². The maximum absolute atomic E-state index is 0. The molecule has 0 aliphatic rings. The van der Waals surface area contributed by atoms with Crippen LogP contribution in [0.2, 0.25) is 0 Å². The summed E-state index contributed by atoms with van der Waals surface area (Å²) in [5.74, 6) is 0. The summed E-state index contributed by atoms with van der Waals surface area (Å²) in [6.45, 7) is 0. The van der Waals surface area contributed by atoms with Gasteiger partial charge in [-0.2, -0.15) is 0 Å². The van der Waals surface area contributed by atoms with Crippen LogP contribution in [0.1, 0.15) is 0 Å². The molecule has 0 nitrogen and oxygen atoms in total. The van der Waals surface area contributed by atoms with Gasteiger partial charge in [0, 0.05) is 0 Å². The van der Waals surface area contributed by atoms with E-state index in [1.807, 2.05) is 0 Å². The van der Waals surface area contributed by atoms with E-state index >= 15 is 0 Å². The summed E-state index contributed by atoms with van der Waals surface area (Å²) in [7, 11) is 0. The second kappa shape index (κ2) is 87.4. The molecular formula is Mg3Ni3P4. The monoisotopic (exact) mass is 370 g/mol. The van der Waals surface area contributed by atoms with Crippen LogP contribution in [0.4, 0.5) is 0 Å². The van der Waals surface area contributed by atoms with E-state index in [9.17, 15) is 0 Å². The van der Waals surface area contributed by atoms with E-state index in [-0.39, 0.29) is 158 Å². The van der Waals surface area contributed by atoms with Crippen molar-refractivity contribution < 1.29 is 49.5 Å². The Kier molecular flexibility index (Phi) is 941. The van der Waals surface area contributed by atoms with Gasteiger partial charge in [0.25, 0.3) is 0 Å². The van der Waals surface area contributed by atoms with Crippen molar-refractivity contribution in [2.45, 2.75) is 0 Å². The van der Waals surface area contributed by atoms with Crippen molar-refractivity contribution in [2.24, 2.45) is 0 Å². The maximum atomic E-state index is 0. The summed E-state index contributed by atoms with van der Waals surface area (Å²) in [5, 5.41) is 0. The molecule has 0 amide bonds. The van der Waals surface area contributed by atoms with Gasteiger partial charge in [0.15, 0.2) is 0 Å². The molecule has 0 aromatic rings. The van der Waals surface area contributed by atoms with Crippen molar-refractivity contribution >= 4 is 109 Å². The van der Waals surface area contributed by atoms with Gasteiger partial charge in [-0.25, -0.2) is 0 Å². The van der Waals surface area contributed by atoms with Crippen molar-refractivity contribution in [3.05, 3.63) is 0 Å². The number of hydrogen-bond acceptors (Lipinski definition) is 0. The summed E-state index contributed by atoms with van der Waals surface area (Å²) >= 11 is 0. The fourth-order valence-corrected chi connectivity index (χ4v) is 0. The molecule has 0 unspecified atom stereocenters. The molecule has 0 aromatic heterocycles. The summed E-state index contributed by atoms with van der Waals surface area (Å²) in [6, 6.07) is 0. The van der Waals surface area contributed by atoms with E-state index in [2.05, 4.69) is 0 Å². The molecule has 0 aromatic carbocycles. The van der Waals surface area contributed by atoms with Crippen LogP contribution in [0.25, 0.3) is 0 Å². The average molecular weight is 373 g/mol. The van der Waals surface area contributed by atoms with Crippen molar-refractivity contribution in [3.63, 3.8) is 0 Å². The van der Waals surface area contributed by atoms with Crippen molar-refractivity contribution in [3.8, 4) is 0 Å². The van der Waals surface area contributed by atoms with Crippen LogP contribution >= 0.6 is 39.6 Å². The van der Waals surface area contributed by atoms with Gasteiger partial charge in [0.05, 0.1) is 0 Å². The van der Waals surface area contributed by atoms with Crippen LogP contribution < -0.4 is 0 Å². The summed E-state index contributed by atoms with van der Waals surface area (Å²) < 4.78 is 0. The fourth-order valence-electron chi connectivity index (χ4n) is 0. The van der Waals surface area contributed by atoms with E-state index < -0.39 is 0 Å². The Morgan fingerprint density at radius 1 is 0.300 bits per heavy atom. The SMILES string of the molecule is [Mg+2].[Mg+2].[Mg+2].[Ni+2].[Ni+2].[Ni+2].[P-3].[P-3].[P-3].[P-3]. The molecule has 10 heteroatoms. The van der Waals surface area contributed by atoms with Crippen LogP contribution in [0.3, 0.4) is 0 Å². The first kappa shape index (κ1) is 108. The zero-order chi connectivity index (χ0) is 0. The molecule has 0 spiro atoms. The molecule has 0 aliphatic carbocycles. The van der Waals surface area contributed by atoms with Crippen molar-refractivity contribution in [1.29, 1.82) is 0 Å². The van der Waals surface area contributed by atoms with Gasteiger partial charge < -0.3 is 39.6 Å². The second-order valence-electron chi connectivity index (χ2n) is 0. The first-order chi connectivity index (χ1) is 0. The largest absolute Gasteiger partial charge is 3.00 e. The van der Waals surface area contributed by atoms with Crippen LogP contribution in [0.15, 0.2) is 0 Å². The zero-order valence-corrected chi connectivity index (χ0v) is 15.6. The molecule has 0 fully saturated rings. The van der Waals surface area contributed by atoms with Gasteiger partial charge in [0.1, 0.15) is 0 Å². The third-order valence-electron chi connectivity index (χ3n) is 0. The maximum Gasteiger partial charge on any atom is 2.00 e. The Bertz CT molecular complexity index is 15.7. The molecule has 0 heterocycles. The molecule has 56 valence electrons. The van der Waals surface area contributed by atoms with Crippen LogP contribution in [-0.2, 0) is 49.5 Å². The van der Waals surface area contributed by atoms with Crippen molar-refractivity contribution in [2.75, 3.05) is 0 Å². The van der Waals surface area contributed by atoms with E-state index in [1.165, 1.54) is 0 Å². The molecule has 10 heavy (non-hydrogen) atoms. The Morgan fingerprint density at radius 3 is 0.300 bits per heavy atom. The Labute approximate surface area is 155 Å². The molecule has 0 aliphatic heterocycles. The normalized spacial score (nSPS) is 0. The minimum Gasteiger partial charge on any atom is -3.00 e. The average Bonchev–Trinajstić information content (AvgIpc) is 0. The van der Waals surface area contributed by atoms with E-state index in [0.29, 0.717) is 0 Å². The minimum atomic E-state index is 0. The van der Waals surface area contributed by atoms with Gasteiger partial charge in [0.2, 0.25) is 0 Å². The molecule has 0 saturated heterocycles. The van der Waals surface area contributed by atoms with E-state index in [0.717, 1.165) is 0 Å². The third kappa shape index (κ3) is 69.7. The molecule has 0 saturated carbocycles. The predicted molar refractivity (Wildman–Crippen MR) is 44.9 cm³/mol. The first-order valence-corrected chi connectivity index (χ1v) is 0.